The Hall–Kier alpha value is -1.89. The predicted molar refractivity (Wildman–Crippen MR) is 130 cm³/mol. The fraction of sp³-hybridized carbons (Fsp3) is 0.304. The van der Waals surface area contributed by atoms with Crippen LogP contribution in [0.4, 0.5) is 11.4 Å². The molecule has 0 saturated carbocycles. The molecule has 0 spiro atoms. The van der Waals surface area contributed by atoms with Crippen LogP contribution in [0.3, 0.4) is 0 Å². The van der Waals surface area contributed by atoms with E-state index in [4.69, 9.17) is 16.6 Å². The van der Waals surface area contributed by atoms with Gasteiger partial charge in [-0.25, -0.2) is 4.99 Å². The lowest BCUT2D eigenvalue weighted by Crippen LogP contribution is -2.30. The lowest BCUT2D eigenvalue weighted by atomic mass is 10.2. The molecule has 0 bridgehead atoms. The molecule has 2 heterocycles. The number of rotatable bonds is 5. The molecule has 0 aromatic heterocycles. The minimum Gasteiger partial charge on any atom is -0.334 e. The van der Waals surface area contributed by atoms with Gasteiger partial charge in [-0.15, -0.1) is 0 Å². The summed E-state index contributed by atoms with van der Waals surface area (Å²) in [6.07, 6.45) is 1.97. The molecule has 0 aliphatic carbocycles. The first-order valence-corrected chi connectivity index (χ1v) is 12.2. The molecule has 2 aromatic rings. The molecule has 0 radical (unpaired) electrons. The van der Waals surface area contributed by atoms with Crippen LogP contribution in [0.1, 0.15) is 32.3 Å². The predicted octanol–water partition coefficient (Wildman–Crippen LogP) is 6.81. The van der Waals surface area contributed by atoms with Crippen LogP contribution in [0.5, 0.6) is 0 Å². The average Bonchev–Trinajstić information content (AvgIpc) is 3.24. The van der Waals surface area contributed by atoms with Gasteiger partial charge in [0.2, 0.25) is 0 Å². The van der Waals surface area contributed by atoms with Crippen molar-refractivity contribution in [2.75, 3.05) is 18.0 Å². The number of carbonyl (C=O) groups excluding carboxylic acids is 1. The molecule has 1 fully saturated rings. The van der Waals surface area contributed by atoms with Crippen molar-refractivity contribution >= 4 is 57.6 Å². The lowest BCUT2D eigenvalue weighted by molar-refractivity contribution is -0.122. The van der Waals surface area contributed by atoms with Crippen LogP contribution >= 0.6 is 35.1 Å². The van der Waals surface area contributed by atoms with Crippen LogP contribution in [0.25, 0.3) is 0 Å². The standard InChI is InChI=1S/C23H24ClN3OS2/c1-4-6-13-27-21(28)20(30-23(27)25-17-10-7-15(3)8-11-17)22-26(5-2)18-14-16(24)9-12-19(18)29-22/h7-12,14H,4-6,13H2,1-3H3. The van der Waals surface area contributed by atoms with Crippen molar-refractivity contribution in [1.82, 2.24) is 4.90 Å². The molecule has 2 aromatic carbocycles. The number of carbonyl (C=O) groups is 1. The molecular formula is C23H24ClN3OS2. The SMILES string of the molecule is CCCCN1C(=O)C(=C2Sc3ccc(Cl)cc3N2CC)SC1=Nc1ccc(C)cc1. The zero-order valence-corrected chi connectivity index (χ0v) is 19.7. The van der Waals surface area contributed by atoms with Gasteiger partial charge in [-0.05, 0) is 62.4 Å². The Morgan fingerprint density at radius 2 is 1.80 bits per heavy atom. The molecular weight excluding hydrogens is 434 g/mol. The molecule has 1 saturated heterocycles. The van der Waals surface area contributed by atoms with Crippen LogP contribution in [-0.2, 0) is 4.79 Å². The van der Waals surface area contributed by atoms with E-state index in [-0.39, 0.29) is 5.91 Å². The zero-order valence-electron chi connectivity index (χ0n) is 17.3. The monoisotopic (exact) mass is 457 g/mol. The smallest absolute Gasteiger partial charge is 0.269 e. The van der Waals surface area contributed by atoms with Gasteiger partial charge < -0.3 is 4.90 Å². The number of amides is 1. The van der Waals surface area contributed by atoms with Gasteiger partial charge in [0.05, 0.1) is 11.4 Å². The van der Waals surface area contributed by atoms with Crippen LogP contribution in [0.2, 0.25) is 5.02 Å². The maximum Gasteiger partial charge on any atom is 0.269 e. The van der Waals surface area contributed by atoms with Crippen molar-refractivity contribution < 1.29 is 4.79 Å². The lowest BCUT2D eigenvalue weighted by Gasteiger charge is -2.19. The van der Waals surface area contributed by atoms with E-state index in [1.165, 1.54) is 17.3 Å². The van der Waals surface area contributed by atoms with E-state index in [1.54, 1.807) is 11.8 Å². The molecule has 0 unspecified atom stereocenters. The molecule has 156 valence electrons. The summed E-state index contributed by atoms with van der Waals surface area (Å²) >= 11 is 9.35. The Bertz CT molecular complexity index is 1030. The number of benzene rings is 2. The number of fused-ring (bicyclic) bond motifs is 1. The fourth-order valence-corrected chi connectivity index (χ4v) is 5.97. The highest BCUT2D eigenvalue weighted by Gasteiger charge is 2.39. The van der Waals surface area contributed by atoms with Gasteiger partial charge in [-0.1, -0.05) is 54.4 Å². The number of anilines is 1. The molecule has 4 rings (SSSR count). The molecule has 7 heteroatoms. The number of hydrogen-bond donors (Lipinski definition) is 0. The van der Waals surface area contributed by atoms with Crippen LogP contribution in [0, 0.1) is 6.92 Å². The average molecular weight is 458 g/mol. The molecule has 0 atom stereocenters. The third-order valence-corrected chi connectivity index (χ3v) is 7.65. The van der Waals surface area contributed by atoms with Crippen molar-refractivity contribution in [2.24, 2.45) is 4.99 Å². The van der Waals surface area contributed by atoms with Crippen LogP contribution in [0.15, 0.2) is 62.3 Å². The molecule has 4 nitrogen and oxygen atoms in total. The van der Waals surface area contributed by atoms with Crippen molar-refractivity contribution in [3.63, 3.8) is 0 Å². The van der Waals surface area contributed by atoms with Gasteiger partial charge >= 0.3 is 0 Å². The van der Waals surface area contributed by atoms with E-state index >= 15 is 0 Å². The normalized spacial score (nSPS) is 19.9. The fourth-order valence-electron chi connectivity index (χ4n) is 3.40. The first-order chi connectivity index (χ1) is 14.5. The number of aliphatic imine (C=N–C) groups is 1. The third-order valence-electron chi connectivity index (χ3n) is 5.03. The largest absolute Gasteiger partial charge is 0.334 e. The van der Waals surface area contributed by atoms with Gasteiger partial charge in [0, 0.05) is 23.0 Å². The summed E-state index contributed by atoms with van der Waals surface area (Å²) in [5, 5.41) is 2.43. The summed E-state index contributed by atoms with van der Waals surface area (Å²) in [5.41, 5.74) is 3.12. The number of aryl methyl sites for hydroxylation is 1. The molecule has 0 N–H and O–H groups in total. The topological polar surface area (TPSA) is 35.9 Å². The number of amidine groups is 1. The third kappa shape index (κ3) is 4.13. The summed E-state index contributed by atoms with van der Waals surface area (Å²) in [6, 6.07) is 14.0. The first kappa shape index (κ1) is 21.3. The summed E-state index contributed by atoms with van der Waals surface area (Å²) in [6.45, 7) is 7.74. The minimum atomic E-state index is 0.0409. The second-order valence-corrected chi connectivity index (χ2v) is 9.68. The van der Waals surface area contributed by atoms with Crippen LogP contribution < -0.4 is 4.90 Å². The Morgan fingerprint density at radius 1 is 1.03 bits per heavy atom. The highest BCUT2D eigenvalue weighted by molar-refractivity contribution is 8.19. The summed E-state index contributed by atoms with van der Waals surface area (Å²) in [7, 11) is 0. The molecule has 1 amide bonds. The highest BCUT2D eigenvalue weighted by Crippen LogP contribution is 2.51. The second-order valence-electron chi connectivity index (χ2n) is 7.23. The molecule has 2 aliphatic heterocycles. The van der Waals surface area contributed by atoms with Crippen molar-refractivity contribution in [3.05, 3.63) is 63.0 Å². The van der Waals surface area contributed by atoms with E-state index < -0.39 is 0 Å². The second kappa shape index (κ2) is 9.08. The van der Waals surface area contributed by atoms with Crippen LogP contribution in [-0.4, -0.2) is 29.1 Å². The number of halogens is 1. The highest BCUT2D eigenvalue weighted by atomic mass is 35.5. The van der Waals surface area contributed by atoms with Gasteiger partial charge in [-0.3, -0.25) is 9.69 Å². The Balaban J connectivity index is 1.74. The maximum atomic E-state index is 13.4. The van der Waals surface area contributed by atoms with Gasteiger partial charge in [0.15, 0.2) is 5.17 Å². The number of nitrogens with zero attached hydrogens (tertiary/aromatic N) is 3. The molecule has 30 heavy (non-hydrogen) atoms. The Kier molecular flexibility index (Phi) is 6.46. The zero-order chi connectivity index (χ0) is 21.3. The minimum absolute atomic E-state index is 0.0409. The summed E-state index contributed by atoms with van der Waals surface area (Å²) in [5.74, 6) is 0.0409. The van der Waals surface area contributed by atoms with E-state index in [0.717, 1.165) is 50.8 Å². The Labute approximate surface area is 191 Å². The Morgan fingerprint density at radius 3 is 2.50 bits per heavy atom. The van der Waals surface area contributed by atoms with Gasteiger partial charge in [-0.2, -0.15) is 0 Å². The maximum absolute atomic E-state index is 13.4. The van der Waals surface area contributed by atoms with E-state index in [9.17, 15) is 4.79 Å². The van der Waals surface area contributed by atoms with E-state index in [2.05, 4.69) is 25.7 Å². The number of unbranched alkanes of at least 4 members (excludes halogenated alkanes) is 1. The summed E-state index contributed by atoms with van der Waals surface area (Å²) < 4.78 is 0. The van der Waals surface area contributed by atoms with Crippen molar-refractivity contribution in [1.29, 1.82) is 0 Å². The van der Waals surface area contributed by atoms with Crippen molar-refractivity contribution in [3.8, 4) is 0 Å². The number of thioether (sulfide) groups is 2. The van der Waals surface area contributed by atoms with E-state index in [0.29, 0.717) is 11.6 Å². The van der Waals surface area contributed by atoms with Gasteiger partial charge in [0.25, 0.3) is 5.91 Å². The first-order valence-electron chi connectivity index (χ1n) is 10.2. The molecule has 2 aliphatic rings. The van der Waals surface area contributed by atoms with E-state index in [1.807, 2.05) is 47.4 Å². The summed E-state index contributed by atoms with van der Waals surface area (Å²) in [4.78, 5) is 24.1. The quantitative estimate of drug-likeness (QED) is 0.462. The van der Waals surface area contributed by atoms with Gasteiger partial charge in [0.1, 0.15) is 9.93 Å². The van der Waals surface area contributed by atoms with Crippen molar-refractivity contribution in [2.45, 2.75) is 38.5 Å². The number of hydrogen-bond acceptors (Lipinski definition) is 5.